The van der Waals surface area contributed by atoms with Gasteiger partial charge in [-0.1, -0.05) is 36.4 Å². The number of rotatable bonds is 9. The second-order valence-electron chi connectivity index (χ2n) is 9.19. The number of urea groups is 1. The van der Waals surface area contributed by atoms with Gasteiger partial charge in [0.15, 0.2) is 0 Å². The zero-order valence-electron chi connectivity index (χ0n) is 21.7. The number of ether oxygens (including phenoxy) is 1. The number of fused-ring (bicyclic) bond motifs is 1. The number of aliphatic carboxylic acids is 1. The quantitative estimate of drug-likeness (QED) is 0.328. The molecule has 0 aromatic heterocycles. The van der Waals surface area contributed by atoms with Crippen LogP contribution in [0.15, 0.2) is 66.7 Å². The molecule has 0 fully saturated rings. The van der Waals surface area contributed by atoms with E-state index in [-0.39, 0.29) is 30.7 Å². The van der Waals surface area contributed by atoms with Gasteiger partial charge in [0.2, 0.25) is 11.8 Å². The van der Waals surface area contributed by atoms with Crippen LogP contribution in [0.1, 0.15) is 36.1 Å². The summed E-state index contributed by atoms with van der Waals surface area (Å²) in [5, 5.41) is 17.4. The lowest BCUT2D eigenvalue weighted by atomic mass is 10.0. The molecule has 3 aromatic rings. The van der Waals surface area contributed by atoms with Crippen molar-refractivity contribution in [2.75, 3.05) is 29.2 Å². The van der Waals surface area contributed by atoms with Crippen molar-refractivity contribution < 1.29 is 29.0 Å². The summed E-state index contributed by atoms with van der Waals surface area (Å²) in [6, 6.07) is 18.7. The SMILES string of the molecule is COc1cc(CC(=O)Nc2ccc(C(CC(=O)O)NC(C)=O)cc2)ccc1NC(=O)N1CCc2ccccc21. The number of hydrogen-bond acceptors (Lipinski definition) is 5. The third-order valence-corrected chi connectivity index (χ3v) is 6.36. The van der Waals surface area contributed by atoms with Gasteiger partial charge in [-0.25, -0.2) is 4.79 Å². The Bertz CT molecular complexity index is 1370. The second kappa shape index (κ2) is 12.1. The van der Waals surface area contributed by atoms with E-state index in [1.54, 1.807) is 47.4 Å². The maximum Gasteiger partial charge on any atom is 0.326 e. The number of amides is 4. The molecule has 39 heavy (non-hydrogen) atoms. The summed E-state index contributed by atoms with van der Waals surface area (Å²) in [5.41, 5.74) is 4.36. The molecule has 4 rings (SSSR count). The molecule has 202 valence electrons. The summed E-state index contributed by atoms with van der Waals surface area (Å²) in [5.74, 6) is -1.19. The first-order chi connectivity index (χ1) is 18.7. The van der Waals surface area contributed by atoms with Crippen LogP contribution in [0.3, 0.4) is 0 Å². The van der Waals surface area contributed by atoms with E-state index in [2.05, 4.69) is 16.0 Å². The van der Waals surface area contributed by atoms with E-state index in [0.29, 0.717) is 34.8 Å². The molecule has 4 amide bonds. The normalized spacial score (nSPS) is 12.7. The van der Waals surface area contributed by atoms with Crippen LogP contribution in [0.5, 0.6) is 5.75 Å². The van der Waals surface area contributed by atoms with Crippen LogP contribution in [0.25, 0.3) is 0 Å². The highest BCUT2D eigenvalue weighted by Crippen LogP contribution is 2.30. The number of carboxylic acids is 1. The van der Waals surface area contributed by atoms with Gasteiger partial charge in [-0.2, -0.15) is 0 Å². The molecular formula is C29H30N4O6. The molecule has 1 aliphatic rings. The average molecular weight is 531 g/mol. The molecule has 0 radical (unpaired) electrons. The smallest absolute Gasteiger partial charge is 0.326 e. The molecule has 0 saturated carbocycles. The monoisotopic (exact) mass is 530 g/mol. The zero-order chi connectivity index (χ0) is 27.9. The molecule has 1 unspecified atom stereocenters. The summed E-state index contributed by atoms with van der Waals surface area (Å²) in [6.07, 6.45) is 0.615. The Labute approximate surface area is 226 Å². The van der Waals surface area contributed by atoms with Crippen molar-refractivity contribution >= 4 is 40.9 Å². The van der Waals surface area contributed by atoms with Crippen LogP contribution in [0.2, 0.25) is 0 Å². The topological polar surface area (TPSA) is 137 Å². The molecule has 0 bridgehead atoms. The van der Waals surface area contributed by atoms with Gasteiger partial charge in [-0.3, -0.25) is 19.3 Å². The lowest BCUT2D eigenvalue weighted by molar-refractivity contribution is -0.137. The number of methoxy groups -OCH3 is 1. The van der Waals surface area contributed by atoms with Crippen LogP contribution in [-0.4, -0.2) is 42.6 Å². The summed E-state index contributed by atoms with van der Waals surface area (Å²) < 4.78 is 5.47. The molecule has 4 N–H and O–H groups in total. The van der Waals surface area contributed by atoms with E-state index >= 15 is 0 Å². The first-order valence-corrected chi connectivity index (χ1v) is 12.5. The Kier molecular flexibility index (Phi) is 8.45. The number of carbonyl (C=O) groups excluding carboxylic acids is 3. The van der Waals surface area contributed by atoms with Crippen LogP contribution < -0.4 is 25.6 Å². The van der Waals surface area contributed by atoms with Crippen molar-refractivity contribution in [3.8, 4) is 5.75 Å². The van der Waals surface area contributed by atoms with Gasteiger partial charge < -0.3 is 25.8 Å². The fourth-order valence-corrected chi connectivity index (χ4v) is 4.54. The molecule has 3 aromatic carbocycles. The van der Waals surface area contributed by atoms with Crippen molar-refractivity contribution in [2.24, 2.45) is 0 Å². The van der Waals surface area contributed by atoms with Gasteiger partial charge >= 0.3 is 12.0 Å². The van der Waals surface area contributed by atoms with E-state index in [9.17, 15) is 19.2 Å². The van der Waals surface area contributed by atoms with Gasteiger partial charge in [0, 0.05) is 24.8 Å². The lowest BCUT2D eigenvalue weighted by Crippen LogP contribution is -2.33. The summed E-state index contributed by atoms with van der Waals surface area (Å²) in [6.45, 7) is 1.92. The summed E-state index contributed by atoms with van der Waals surface area (Å²) >= 11 is 0. The van der Waals surface area contributed by atoms with Crippen LogP contribution in [0, 0.1) is 0 Å². The van der Waals surface area contributed by atoms with Gasteiger partial charge in [0.05, 0.1) is 31.7 Å². The molecule has 0 spiro atoms. The van der Waals surface area contributed by atoms with E-state index in [1.165, 1.54) is 14.0 Å². The number of benzene rings is 3. The number of carboxylic acid groups (broad SMARTS) is 1. The Morgan fingerprint density at radius 2 is 1.74 bits per heavy atom. The standard InChI is InChI=1S/C29H30N4O6/c1-18(34)30-24(17-28(36)37)20-8-10-22(11-9-20)31-27(35)16-19-7-12-23(26(15-19)39-2)32-29(38)33-14-13-21-5-3-4-6-25(21)33/h3-12,15,24H,13-14,16-17H2,1-2H3,(H,30,34)(H,31,35)(H,32,38)(H,36,37). The average Bonchev–Trinajstić information content (AvgIpc) is 3.33. The predicted molar refractivity (Wildman–Crippen MR) is 147 cm³/mol. The third kappa shape index (κ3) is 6.92. The highest BCUT2D eigenvalue weighted by Gasteiger charge is 2.25. The van der Waals surface area contributed by atoms with Crippen LogP contribution >= 0.6 is 0 Å². The minimum absolute atomic E-state index is 0.0688. The number of hydrogen-bond donors (Lipinski definition) is 4. The summed E-state index contributed by atoms with van der Waals surface area (Å²) in [7, 11) is 1.50. The fraction of sp³-hybridized carbons (Fsp3) is 0.241. The predicted octanol–water partition coefficient (Wildman–Crippen LogP) is 4.12. The van der Waals surface area contributed by atoms with Crippen LogP contribution in [0.4, 0.5) is 21.9 Å². The Morgan fingerprint density at radius 3 is 2.44 bits per heavy atom. The Balaban J connectivity index is 1.37. The molecule has 10 heteroatoms. The van der Waals surface area contributed by atoms with Gasteiger partial charge in [0.1, 0.15) is 5.75 Å². The van der Waals surface area contributed by atoms with E-state index in [1.807, 2.05) is 24.3 Å². The van der Waals surface area contributed by atoms with Crippen molar-refractivity contribution in [1.82, 2.24) is 5.32 Å². The highest BCUT2D eigenvalue weighted by molar-refractivity contribution is 6.04. The molecule has 0 saturated heterocycles. The molecule has 1 aliphatic heterocycles. The minimum atomic E-state index is -1.03. The Hall–Kier alpha value is -4.86. The van der Waals surface area contributed by atoms with Crippen molar-refractivity contribution in [3.63, 3.8) is 0 Å². The maximum atomic E-state index is 12.9. The van der Waals surface area contributed by atoms with E-state index < -0.39 is 12.0 Å². The van der Waals surface area contributed by atoms with E-state index in [0.717, 1.165) is 17.7 Å². The Morgan fingerprint density at radius 1 is 1.00 bits per heavy atom. The van der Waals surface area contributed by atoms with Crippen molar-refractivity contribution in [2.45, 2.75) is 32.2 Å². The zero-order valence-corrected chi connectivity index (χ0v) is 21.7. The van der Waals surface area contributed by atoms with E-state index in [4.69, 9.17) is 9.84 Å². The van der Waals surface area contributed by atoms with Crippen LogP contribution in [-0.2, 0) is 27.2 Å². The maximum absolute atomic E-state index is 12.9. The first kappa shape index (κ1) is 27.2. The minimum Gasteiger partial charge on any atom is -0.495 e. The second-order valence-corrected chi connectivity index (χ2v) is 9.19. The van der Waals surface area contributed by atoms with Gasteiger partial charge in [-0.15, -0.1) is 0 Å². The number of anilines is 3. The number of nitrogens with zero attached hydrogens (tertiary/aromatic N) is 1. The lowest BCUT2D eigenvalue weighted by Gasteiger charge is -2.19. The third-order valence-electron chi connectivity index (χ3n) is 6.36. The molecule has 1 atom stereocenters. The number of carbonyl (C=O) groups is 4. The van der Waals surface area contributed by atoms with Gasteiger partial charge in [-0.05, 0) is 53.4 Å². The number of nitrogens with one attached hydrogen (secondary N) is 3. The first-order valence-electron chi connectivity index (χ1n) is 12.5. The largest absolute Gasteiger partial charge is 0.495 e. The molecule has 1 heterocycles. The van der Waals surface area contributed by atoms with Crippen molar-refractivity contribution in [1.29, 1.82) is 0 Å². The highest BCUT2D eigenvalue weighted by atomic mass is 16.5. The molecular weight excluding hydrogens is 500 g/mol. The molecule has 10 nitrogen and oxygen atoms in total. The molecule has 0 aliphatic carbocycles. The fourth-order valence-electron chi connectivity index (χ4n) is 4.54. The van der Waals surface area contributed by atoms with Crippen molar-refractivity contribution in [3.05, 3.63) is 83.4 Å². The van der Waals surface area contributed by atoms with Gasteiger partial charge in [0.25, 0.3) is 0 Å². The number of para-hydroxylation sites is 1. The summed E-state index contributed by atoms with van der Waals surface area (Å²) in [4.78, 5) is 49.9.